The average Bonchev–Trinajstić information content (AvgIpc) is 2.96. The number of benzene rings is 1. The Balaban J connectivity index is 2.20. The molecule has 2 nitrogen and oxygen atoms in total. The molecule has 0 radical (unpaired) electrons. The Hall–Kier alpha value is -1.20. The van der Waals surface area contributed by atoms with Gasteiger partial charge in [0.2, 0.25) is 0 Å². The third-order valence-corrected chi connectivity index (χ3v) is 3.72. The van der Waals surface area contributed by atoms with Crippen LogP contribution in [0.4, 0.5) is 0 Å². The molecule has 0 unspecified atom stereocenters. The Morgan fingerprint density at radius 2 is 1.89 bits per heavy atom. The molecule has 1 heterocycles. The van der Waals surface area contributed by atoms with E-state index in [1.165, 1.54) is 0 Å². The Labute approximate surface area is 122 Å². The molecule has 1 aliphatic carbocycles. The Morgan fingerprint density at radius 1 is 1.17 bits per heavy atom. The maximum absolute atomic E-state index is 10.1. The van der Waals surface area contributed by atoms with Crippen molar-refractivity contribution in [1.29, 1.82) is 0 Å². The van der Waals surface area contributed by atoms with Gasteiger partial charge in [0.15, 0.2) is 11.5 Å². The van der Waals surface area contributed by atoms with Gasteiger partial charge < -0.3 is 9.52 Å². The number of hydrogen-bond acceptors (Lipinski definition) is 2. The highest BCUT2D eigenvalue weighted by atomic mass is 127. The van der Waals surface area contributed by atoms with Crippen molar-refractivity contribution in [2.45, 2.75) is 0 Å². The summed E-state index contributed by atoms with van der Waals surface area (Å²) in [5.41, 5.74) is 1.49. The molecule has 0 spiro atoms. The lowest BCUT2D eigenvalue weighted by Gasteiger charge is -1.97. The Bertz CT molecular complexity index is 709. The molecule has 3 rings (SSSR count). The van der Waals surface area contributed by atoms with Gasteiger partial charge in [-0.15, -0.1) is 0 Å². The number of rotatable bonds is 1. The first kappa shape index (κ1) is 11.9. The topological polar surface area (TPSA) is 33.4 Å². The molecule has 0 bridgehead atoms. The standard InChI is InChI=1S/C14H8ClIO2/c15-10-5-9-6-12(18-14(9)11(16)7-10)13(17)8-3-1-2-4-8/h1-7,17H. The van der Waals surface area contributed by atoms with Crippen molar-refractivity contribution in [3.8, 4) is 0 Å². The van der Waals surface area contributed by atoms with Gasteiger partial charge in [0.05, 0.1) is 3.57 Å². The van der Waals surface area contributed by atoms with Crippen LogP contribution in [0, 0.1) is 3.57 Å². The fourth-order valence-electron chi connectivity index (χ4n) is 1.87. The second-order valence-electron chi connectivity index (χ2n) is 3.94. The number of fused-ring (bicyclic) bond motifs is 1. The van der Waals surface area contributed by atoms with Crippen molar-refractivity contribution in [1.82, 2.24) is 0 Å². The van der Waals surface area contributed by atoms with E-state index in [2.05, 4.69) is 22.6 Å². The zero-order valence-corrected chi connectivity index (χ0v) is 12.1. The number of aliphatic hydroxyl groups excluding tert-OH is 1. The van der Waals surface area contributed by atoms with Crippen LogP contribution in [0.15, 0.2) is 52.5 Å². The van der Waals surface area contributed by atoms with E-state index in [4.69, 9.17) is 16.0 Å². The summed E-state index contributed by atoms with van der Waals surface area (Å²) in [6.45, 7) is 0. The average molecular weight is 371 g/mol. The van der Waals surface area contributed by atoms with Crippen LogP contribution in [0.5, 0.6) is 0 Å². The van der Waals surface area contributed by atoms with Crippen LogP contribution >= 0.6 is 34.2 Å². The molecular formula is C14H8ClIO2. The summed E-state index contributed by atoms with van der Waals surface area (Å²) in [4.78, 5) is 0. The van der Waals surface area contributed by atoms with Crippen LogP contribution in [-0.4, -0.2) is 5.11 Å². The first-order valence-corrected chi connectivity index (χ1v) is 6.78. The molecule has 0 aliphatic heterocycles. The third-order valence-electron chi connectivity index (χ3n) is 2.71. The van der Waals surface area contributed by atoms with Crippen molar-refractivity contribution in [2.75, 3.05) is 0 Å². The summed E-state index contributed by atoms with van der Waals surface area (Å²) in [5.74, 6) is 0.597. The van der Waals surface area contributed by atoms with Crippen LogP contribution in [0.25, 0.3) is 16.7 Å². The molecule has 18 heavy (non-hydrogen) atoms. The zero-order chi connectivity index (χ0) is 12.7. The number of allylic oxidation sites excluding steroid dienone is 5. The molecule has 1 aliphatic rings. The highest BCUT2D eigenvalue weighted by molar-refractivity contribution is 14.1. The molecule has 0 atom stereocenters. The molecule has 0 fully saturated rings. The van der Waals surface area contributed by atoms with E-state index in [0.29, 0.717) is 10.8 Å². The first-order chi connectivity index (χ1) is 8.65. The van der Waals surface area contributed by atoms with E-state index in [1.807, 2.05) is 36.4 Å². The molecule has 90 valence electrons. The SMILES string of the molecule is OC(=C1C=CC=C1)c1cc2cc(Cl)cc(I)c2o1. The summed E-state index contributed by atoms with van der Waals surface area (Å²) in [5, 5.41) is 11.7. The predicted octanol–water partition coefficient (Wildman–Crippen LogP) is 5.09. The van der Waals surface area contributed by atoms with E-state index in [0.717, 1.165) is 20.1 Å². The highest BCUT2D eigenvalue weighted by Crippen LogP contribution is 2.31. The normalized spacial score (nSPS) is 13.8. The smallest absolute Gasteiger partial charge is 0.170 e. The van der Waals surface area contributed by atoms with Crippen molar-refractivity contribution < 1.29 is 9.52 Å². The van der Waals surface area contributed by atoms with Gasteiger partial charge in [-0.25, -0.2) is 0 Å². The van der Waals surface area contributed by atoms with Gasteiger partial charge in [-0.3, -0.25) is 0 Å². The van der Waals surface area contributed by atoms with Crippen LogP contribution in [0.2, 0.25) is 5.02 Å². The van der Waals surface area contributed by atoms with Crippen molar-refractivity contribution >= 4 is 50.9 Å². The largest absolute Gasteiger partial charge is 0.504 e. The van der Waals surface area contributed by atoms with E-state index >= 15 is 0 Å². The van der Waals surface area contributed by atoms with E-state index in [-0.39, 0.29) is 5.76 Å². The van der Waals surface area contributed by atoms with Crippen LogP contribution in [0.1, 0.15) is 5.76 Å². The number of aliphatic hydroxyl groups is 1. The highest BCUT2D eigenvalue weighted by Gasteiger charge is 2.13. The number of furan rings is 1. The fraction of sp³-hybridized carbons (Fsp3) is 0. The van der Waals surface area contributed by atoms with E-state index in [9.17, 15) is 5.11 Å². The molecule has 0 saturated heterocycles. The van der Waals surface area contributed by atoms with Gasteiger partial charge in [-0.1, -0.05) is 35.9 Å². The van der Waals surface area contributed by atoms with E-state index < -0.39 is 0 Å². The zero-order valence-electron chi connectivity index (χ0n) is 9.15. The minimum Gasteiger partial charge on any atom is -0.504 e. The maximum Gasteiger partial charge on any atom is 0.170 e. The van der Waals surface area contributed by atoms with Gasteiger partial charge in [-0.2, -0.15) is 0 Å². The van der Waals surface area contributed by atoms with Gasteiger partial charge in [0.1, 0.15) is 5.58 Å². The molecule has 4 heteroatoms. The number of halogens is 2. The molecule has 1 N–H and O–H groups in total. The summed E-state index contributed by atoms with van der Waals surface area (Å²) in [6, 6.07) is 5.45. The monoisotopic (exact) mass is 370 g/mol. The summed E-state index contributed by atoms with van der Waals surface area (Å²) in [7, 11) is 0. The van der Waals surface area contributed by atoms with Gasteiger partial charge in [0.25, 0.3) is 0 Å². The second-order valence-corrected chi connectivity index (χ2v) is 5.54. The minimum atomic E-state index is 0.142. The molecule has 1 aromatic carbocycles. The summed E-state index contributed by atoms with van der Waals surface area (Å²) >= 11 is 8.16. The molecule has 0 saturated carbocycles. The summed E-state index contributed by atoms with van der Waals surface area (Å²) < 4.78 is 6.61. The molecular weight excluding hydrogens is 363 g/mol. The van der Waals surface area contributed by atoms with Gasteiger partial charge in [0, 0.05) is 16.0 Å². The van der Waals surface area contributed by atoms with Crippen LogP contribution in [0.3, 0.4) is 0 Å². The van der Waals surface area contributed by atoms with Gasteiger partial charge >= 0.3 is 0 Å². The van der Waals surface area contributed by atoms with E-state index in [1.54, 1.807) is 6.07 Å². The predicted molar refractivity (Wildman–Crippen MR) is 81.8 cm³/mol. The number of hydrogen-bond donors (Lipinski definition) is 1. The van der Waals surface area contributed by atoms with Crippen molar-refractivity contribution in [3.05, 3.63) is 62.4 Å². The quantitative estimate of drug-likeness (QED) is 0.560. The van der Waals surface area contributed by atoms with Crippen molar-refractivity contribution in [3.63, 3.8) is 0 Å². The summed E-state index contributed by atoms with van der Waals surface area (Å²) in [6.07, 6.45) is 7.41. The lowest BCUT2D eigenvalue weighted by Crippen LogP contribution is -1.82. The second kappa shape index (κ2) is 4.48. The molecule has 0 amide bonds. The van der Waals surface area contributed by atoms with Crippen molar-refractivity contribution in [2.24, 2.45) is 0 Å². The van der Waals surface area contributed by atoms with Crippen LogP contribution < -0.4 is 0 Å². The van der Waals surface area contributed by atoms with Gasteiger partial charge in [-0.05, 0) is 40.8 Å². The lowest BCUT2D eigenvalue weighted by atomic mass is 10.2. The Kier molecular flexibility index (Phi) is 2.95. The third kappa shape index (κ3) is 1.97. The minimum absolute atomic E-state index is 0.142. The molecule has 1 aromatic heterocycles. The fourth-order valence-corrected chi connectivity index (χ4v) is 3.03. The first-order valence-electron chi connectivity index (χ1n) is 5.32. The van der Waals surface area contributed by atoms with Crippen LogP contribution in [-0.2, 0) is 0 Å². The Morgan fingerprint density at radius 3 is 2.61 bits per heavy atom. The lowest BCUT2D eigenvalue weighted by molar-refractivity contribution is 0.469. The maximum atomic E-state index is 10.1. The molecule has 2 aromatic rings.